The van der Waals surface area contributed by atoms with Gasteiger partial charge in [0, 0.05) is 6.20 Å². The molecule has 7 heteroatoms. The molecule has 0 aliphatic carbocycles. The van der Waals surface area contributed by atoms with Gasteiger partial charge < -0.3 is 20.4 Å². The largest absolute Gasteiger partial charge is 0.480 e. The van der Waals surface area contributed by atoms with Crippen molar-refractivity contribution in [3.05, 3.63) is 22.4 Å². The maximum absolute atomic E-state index is 11.6. The van der Waals surface area contributed by atoms with Gasteiger partial charge in [0.25, 0.3) is 5.91 Å². The minimum atomic E-state index is -1.09. The first-order valence-corrected chi connectivity index (χ1v) is 5.27. The predicted molar refractivity (Wildman–Crippen MR) is 59.8 cm³/mol. The molecule has 4 N–H and O–H groups in total. The SMILES string of the molecule is CCC(C)[C@H](NC(=O)c1c[nH]c(=O)[nH]1)C(=O)O. The molecule has 0 aliphatic heterocycles. The van der Waals surface area contributed by atoms with Crippen molar-refractivity contribution in [1.29, 1.82) is 0 Å². The third-order valence-electron chi connectivity index (χ3n) is 2.61. The number of nitrogens with one attached hydrogen (secondary N) is 3. The first-order chi connectivity index (χ1) is 7.95. The summed E-state index contributed by atoms with van der Waals surface area (Å²) in [7, 11) is 0. The van der Waals surface area contributed by atoms with E-state index in [-0.39, 0.29) is 11.6 Å². The number of hydrogen-bond donors (Lipinski definition) is 4. The van der Waals surface area contributed by atoms with E-state index in [0.29, 0.717) is 6.42 Å². The van der Waals surface area contributed by atoms with Crippen molar-refractivity contribution < 1.29 is 14.7 Å². The highest BCUT2D eigenvalue weighted by atomic mass is 16.4. The lowest BCUT2D eigenvalue weighted by atomic mass is 9.99. The second kappa shape index (κ2) is 5.33. The van der Waals surface area contributed by atoms with E-state index in [9.17, 15) is 14.4 Å². The molecule has 0 fully saturated rings. The fourth-order valence-electron chi connectivity index (χ4n) is 1.36. The van der Waals surface area contributed by atoms with Crippen LogP contribution in [0.5, 0.6) is 0 Å². The minimum Gasteiger partial charge on any atom is -0.480 e. The number of carbonyl (C=O) groups excluding carboxylic acids is 1. The van der Waals surface area contributed by atoms with Crippen LogP contribution in [0.1, 0.15) is 30.8 Å². The van der Waals surface area contributed by atoms with Crippen LogP contribution in [0.15, 0.2) is 11.0 Å². The highest BCUT2D eigenvalue weighted by Crippen LogP contribution is 2.08. The van der Waals surface area contributed by atoms with Gasteiger partial charge in [0.15, 0.2) is 0 Å². The van der Waals surface area contributed by atoms with Gasteiger partial charge in [-0.15, -0.1) is 0 Å². The van der Waals surface area contributed by atoms with E-state index >= 15 is 0 Å². The normalized spacial score (nSPS) is 14.0. The number of aliphatic carboxylic acids is 1. The first kappa shape index (κ1) is 13.0. The Labute approximate surface area is 97.2 Å². The van der Waals surface area contributed by atoms with Gasteiger partial charge in [0.1, 0.15) is 11.7 Å². The molecule has 7 nitrogen and oxygen atoms in total. The Morgan fingerprint density at radius 2 is 2.18 bits per heavy atom. The van der Waals surface area contributed by atoms with Crippen molar-refractivity contribution in [3.63, 3.8) is 0 Å². The second-order valence-corrected chi connectivity index (χ2v) is 3.83. The Morgan fingerprint density at radius 3 is 2.59 bits per heavy atom. The van der Waals surface area contributed by atoms with E-state index in [1.54, 1.807) is 6.92 Å². The average Bonchev–Trinajstić information content (AvgIpc) is 2.71. The second-order valence-electron chi connectivity index (χ2n) is 3.83. The zero-order chi connectivity index (χ0) is 13.0. The van der Waals surface area contributed by atoms with Gasteiger partial charge in [0.2, 0.25) is 0 Å². The van der Waals surface area contributed by atoms with E-state index in [2.05, 4.69) is 15.3 Å². The first-order valence-electron chi connectivity index (χ1n) is 5.27. The van der Waals surface area contributed by atoms with Crippen LogP contribution in [0.2, 0.25) is 0 Å². The van der Waals surface area contributed by atoms with Crippen LogP contribution in [-0.4, -0.2) is 33.0 Å². The third-order valence-corrected chi connectivity index (χ3v) is 2.61. The fraction of sp³-hybridized carbons (Fsp3) is 0.500. The highest BCUT2D eigenvalue weighted by Gasteiger charge is 2.26. The van der Waals surface area contributed by atoms with Gasteiger partial charge in [-0.1, -0.05) is 20.3 Å². The van der Waals surface area contributed by atoms with Crippen LogP contribution in [0.4, 0.5) is 0 Å². The number of aromatic amines is 2. The molecule has 0 spiro atoms. The maximum atomic E-state index is 11.6. The van der Waals surface area contributed by atoms with E-state index < -0.39 is 23.6 Å². The number of rotatable bonds is 5. The Kier molecular flexibility index (Phi) is 4.08. The summed E-state index contributed by atoms with van der Waals surface area (Å²) in [5.41, 5.74) is -0.491. The van der Waals surface area contributed by atoms with Crippen molar-refractivity contribution in [2.24, 2.45) is 5.92 Å². The molecule has 1 rings (SSSR count). The molecule has 1 aromatic heterocycles. The van der Waals surface area contributed by atoms with Gasteiger partial charge in [-0.3, -0.25) is 4.79 Å². The van der Waals surface area contributed by atoms with E-state index in [1.165, 1.54) is 6.20 Å². The van der Waals surface area contributed by atoms with Crippen LogP contribution in [0.25, 0.3) is 0 Å². The number of hydrogen-bond acceptors (Lipinski definition) is 3. The number of H-pyrrole nitrogens is 2. The highest BCUT2D eigenvalue weighted by molar-refractivity contribution is 5.94. The summed E-state index contributed by atoms with van der Waals surface area (Å²) in [5, 5.41) is 11.3. The molecule has 17 heavy (non-hydrogen) atoms. The summed E-state index contributed by atoms with van der Waals surface area (Å²) < 4.78 is 0. The number of carbonyl (C=O) groups is 2. The Bertz CT molecular complexity index is 462. The minimum absolute atomic E-state index is 0.0181. The lowest BCUT2D eigenvalue weighted by Crippen LogP contribution is -2.45. The molecule has 0 bridgehead atoms. The maximum Gasteiger partial charge on any atom is 0.326 e. The molecule has 0 radical (unpaired) electrons. The number of carboxylic acids is 1. The monoisotopic (exact) mass is 241 g/mol. The van der Waals surface area contributed by atoms with Crippen LogP contribution in [0, 0.1) is 5.92 Å². The predicted octanol–water partition coefficient (Wildman–Crippen LogP) is -0.0679. The summed E-state index contributed by atoms with van der Waals surface area (Å²) in [6.07, 6.45) is 1.83. The van der Waals surface area contributed by atoms with Crippen LogP contribution >= 0.6 is 0 Å². The number of aromatic nitrogens is 2. The quantitative estimate of drug-likeness (QED) is 0.577. The van der Waals surface area contributed by atoms with E-state index in [4.69, 9.17) is 5.11 Å². The Morgan fingerprint density at radius 1 is 1.53 bits per heavy atom. The summed E-state index contributed by atoms with van der Waals surface area (Å²) >= 11 is 0. The zero-order valence-electron chi connectivity index (χ0n) is 9.61. The lowest BCUT2D eigenvalue weighted by molar-refractivity contribution is -0.140. The standard InChI is InChI=1S/C10H15N3O4/c1-3-5(2)7(9(15)16)13-8(14)6-4-11-10(17)12-6/h4-5,7H,3H2,1-2H3,(H,13,14)(H,15,16)(H2,11,12,17)/t5?,7-/m0/s1. The van der Waals surface area contributed by atoms with Crippen LogP contribution < -0.4 is 11.0 Å². The van der Waals surface area contributed by atoms with Gasteiger partial charge in [-0.25, -0.2) is 9.59 Å². The molecular formula is C10H15N3O4. The van der Waals surface area contributed by atoms with Crippen LogP contribution in [-0.2, 0) is 4.79 Å². The fourth-order valence-corrected chi connectivity index (χ4v) is 1.36. The Balaban J connectivity index is 2.77. The van der Waals surface area contributed by atoms with E-state index in [0.717, 1.165) is 0 Å². The molecule has 1 unspecified atom stereocenters. The number of carboxylic acid groups (broad SMARTS) is 1. The van der Waals surface area contributed by atoms with Crippen molar-refractivity contribution in [2.75, 3.05) is 0 Å². The topological polar surface area (TPSA) is 115 Å². The number of amides is 1. The molecule has 1 aromatic rings. The molecule has 1 amide bonds. The number of imidazole rings is 1. The van der Waals surface area contributed by atoms with Gasteiger partial charge in [-0.2, -0.15) is 0 Å². The van der Waals surface area contributed by atoms with Crippen molar-refractivity contribution >= 4 is 11.9 Å². The molecule has 2 atom stereocenters. The molecule has 0 aliphatic rings. The molecule has 0 aromatic carbocycles. The van der Waals surface area contributed by atoms with E-state index in [1.807, 2.05) is 6.92 Å². The van der Waals surface area contributed by atoms with Gasteiger partial charge in [0.05, 0.1) is 0 Å². The summed E-state index contributed by atoms with van der Waals surface area (Å²) in [5.74, 6) is -1.90. The molecule has 0 saturated heterocycles. The van der Waals surface area contributed by atoms with Crippen LogP contribution in [0.3, 0.4) is 0 Å². The lowest BCUT2D eigenvalue weighted by Gasteiger charge is -2.19. The average molecular weight is 241 g/mol. The molecular weight excluding hydrogens is 226 g/mol. The van der Waals surface area contributed by atoms with Gasteiger partial charge >= 0.3 is 11.7 Å². The summed E-state index contributed by atoms with van der Waals surface area (Å²) in [4.78, 5) is 37.9. The smallest absolute Gasteiger partial charge is 0.326 e. The zero-order valence-corrected chi connectivity index (χ0v) is 9.61. The third kappa shape index (κ3) is 3.20. The molecule has 94 valence electrons. The van der Waals surface area contributed by atoms with Crippen molar-refractivity contribution in [3.8, 4) is 0 Å². The molecule has 1 heterocycles. The summed E-state index contributed by atoms with van der Waals surface area (Å²) in [6.45, 7) is 3.57. The molecule has 0 saturated carbocycles. The van der Waals surface area contributed by atoms with Crippen molar-refractivity contribution in [1.82, 2.24) is 15.3 Å². The van der Waals surface area contributed by atoms with Crippen molar-refractivity contribution in [2.45, 2.75) is 26.3 Å². The van der Waals surface area contributed by atoms with Gasteiger partial charge in [-0.05, 0) is 5.92 Å². The summed E-state index contributed by atoms with van der Waals surface area (Å²) in [6, 6.07) is -0.967. The Hall–Kier alpha value is -2.05.